The van der Waals surface area contributed by atoms with Crippen LogP contribution in [0.2, 0.25) is 0 Å². The first-order chi connectivity index (χ1) is 6.13. The Balaban J connectivity index is 2.57. The highest BCUT2D eigenvalue weighted by Crippen LogP contribution is 2.24. The van der Waals surface area contributed by atoms with Gasteiger partial charge in [-0.05, 0) is 20.4 Å². The fourth-order valence-corrected chi connectivity index (χ4v) is 2.01. The van der Waals surface area contributed by atoms with Crippen LogP contribution in [0.25, 0.3) is 0 Å². The van der Waals surface area contributed by atoms with E-state index in [2.05, 4.69) is 30.1 Å². The van der Waals surface area contributed by atoms with Crippen molar-refractivity contribution in [3.63, 3.8) is 0 Å². The SMILES string of the molecule is C#CCNC1(CN)CC(C)N(C)C1. The van der Waals surface area contributed by atoms with Crippen molar-refractivity contribution in [1.29, 1.82) is 0 Å². The van der Waals surface area contributed by atoms with Crippen LogP contribution in [0, 0.1) is 12.3 Å². The molecule has 0 aromatic heterocycles. The Bertz CT molecular complexity index is 197. The average Bonchev–Trinajstić information content (AvgIpc) is 2.40. The van der Waals surface area contributed by atoms with Crippen LogP contribution >= 0.6 is 0 Å². The smallest absolute Gasteiger partial charge is 0.0578 e. The summed E-state index contributed by atoms with van der Waals surface area (Å²) in [6, 6.07) is 0.592. The molecule has 3 heteroatoms. The topological polar surface area (TPSA) is 41.3 Å². The summed E-state index contributed by atoms with van der Waals surface area (Å²) in [5, 5.41) is 3.35. The van der Waals surface area contributed by atoms with Crippen molar-refractivity contribution in [2.24, 2.45) is 5.73 Å². The van der Waals surface area contributed by atoms with Crippen molar-refractivity contribution in [1.82, 2.24) is 10.2 Å². The number of nitrogens with one attached hydrogen (secondary N) is 1. The highest BCUT2D eigenvalue weighted by atomic mass is 15.2. The van der Waals surface area contributed by atoms with Gasteiger partial charge in [0.15, 0.2) is 0 Å². The Labute approximate surface area is 80.7 Å². The lowest BCUT2D eigenvalue weighted by Gasteiger charge is -2.27. The van der Waals surface area contributed by atoms with E-state index in [1.165, 1.54) is 0 Å². The first kappa shape index (κ1) is 10.5. The molecule has 2 unspecified atom stereocenters. The summed E-state index contributed by atoms with van der Waals surface area (Å²) < 4.78 is 0. The minimum absolute atomic E-state index is 0.0422. The minimum atomic E-state index is 0.0422. The van der Waals surface area contributed by atoms with Gasteiger partial charge < -0.3 is 10.6 Å². The van der Waals surface area contributed by atoms with Gasteiger partial charge in [0.2, 0.25) is 0 Å². The van der Waals surface area contributed by atoms with E-state index >= 15 is 0 Å². The quantitative estimate of drug-likeness (QED) is 0.584. The molecule has 0 saturated carbocycles. The molecule has 1 rings (SSSR count). The van der Waals surface area contributed by atoms with Crippen LogP contribution in [-0.2, 0) is 0 Å². The van der Waals surface area contributed by atoms with E-state index in [9.17, 15) is 0 Å². The van der Waals surface area contributed by atoms with Crippen molar-refractivity contribution in [2.45, 2.75) is 24.9 Å². The molecule has 0 amide bonds. The van der Waals surface area contributed by atoms with Gasteiger partial charge in [0, 0.05) is 24.7 Å². The molecular weight excluding hydrogens is 162 g/mol. The molecule has 0 bridgehead atoms. The molecule has 3 N–H and O–H groups in total. The van der Waals surface area contributed by atoms with Crippen molar-refractivity contribution in [2.75, 3.05) is 26.7 Å². The summed E-state index contributed by atoms with van der Waals surface area (Å²) in [4.78, 5) is 2.32. The highest BCUT2D eigenvalue weighted by Gasteiger charge is 2.38. The number of terminal acetylenes is 1. The Morgan fingerprint density at radius 1 is 1.77 bits per heavy atom. The Hall–Kier alpha value is -0.560. The largest absolute Gasteiger partial charge is 0.329 e. The van der Waals surface area contributed by atoms with E-state index in [1.807, 2.05) is 0 Å². The number of hydrogen-bond acceptors (Lipinski definition) is 3. The fourth-order valence-electron chi connectivity index (χ4n) is 2.01. The Morgan fingerprint density at radius 2 is 2.46 bits per heavy atom. The lowest BCUT2D eigenvalue weighted by Crippen LogP contribution is -2.53. The number of nitrogens with two attached hydrogens (primary N) is 1. The van der Waals surface area contributed by atoms with Crippen LogP contribution in [-0.4, -0.2) is 43.2 Å². The van der Waals surface area contributed by atoms with Crippen LogP contribution in [0.15, 0.2) is 0 Å². The normalized spacial score (nSPS) is 34.8. The first-order valence-electron chi connectivity index (χ1n) is 4.72. The summed E-state index contributed by atoms with van der Waals surface area (Å²) in [5.41, 5.74) is 5.82. The molecule has 0 aromatic carbocycles. The zero-order valence-corrected chi connectivity index (χ0v) is 8.51. The summed E-state index contributed by atoms with van der Waals surface area (Å²) in [7, 11) is 2.12. The lowest BCUT2D eigenvalue weighted by atomic mass is 9.96. The van der Waals surface area contributed by atoms with Crippen molar-refractivity contribution in [3.8, 4) is 12.3 Å². The molecule has 0 aliphatic carbocycles. The summed E-state index contributed by atoms with van der Waals surface area (Å²) in [5.74, 6) is 2.60. The van der Waals surface area contributed by atoms with Gasteiger partial charge in [-0.15, -0.1) is 6.42 Å². The first-order valence-corrected chi connectivity index (χ1v) is 4.72. The predicted octanol–water partition coefficient (Wildman–Crippen LogP) is -0.369. The van der Waals surface area contributed by atoms with E-state index < -0.39 is 0 Å². The minimum Gasteiger partial charge on any atom is -0.329 e. The molecule has 74 valence electrons. The van der Waals surface area contributed by atoms with Crippen molar-refractivity contribution < 1.29 is 0 Å². The molecule has 0 spiro atoms. The van der Waals surface area contributed by atoms with Gasteiger partial charge in [-0.25, -0.2) is 0 Å². The zero-order chi connectivity index (χ0) is 9.90. The summed E-state index contributed by atoms with van der Waals surface area (Å²) >= 11 is 0. The number of rotatable bonds is 3. The van der Waals surface area contributed by atoms with E-state index in [0.717, 1.165) is 13.0 Å². The third-order valence-electron chi connectivity index (χ3n) is 2.95. The summed E-state index contributed by atoms with van der Waals surface area (Å²) in [6.07, 6.45) is 6.31. The van der Waals surface area contributed by atoms with Crippen molar-refractivity contribution >= 4 is 0 Å². The Morgan fingerprint density at radius 3 is 2.85 bits per heavy atom. The standard InChI is InChI=1S/C10H19N3/c1-4-5-12-10(7-11)6-9(2)13(3)8-10/h1,9,12H,5-8,11H2,2-3H3. The molecule has 1 aliphatic heterocycles. The molecule has 0 radical (unpaired) electrons. The number of nitrogens with zero attached hydrogens (tertiary/aromatic N) is 1. The second-order valence-corrected chi connectivity index (χ2v) is 4.01. The maximum Gasteiger partial charge on any atom is 0.0578 e. The van der Waals surface area contributed by atoms with Gasteiger partial charge in [0.25, 0.3) is 0 Å². The average molecular weight is 181 g/mol. The molecule has 13 heavy (non-hydrogen) atoms. The third kappa shape index (κ3) is 2.22. The molecule has 1 fully saturated rings. The molecular formula is C10H19N3. The molecule has 0 aromatic rings. The number of likely N-dealkylation sites (tertiary alicyclic amines) is 1. The Kier molecular flexibility index (Phi) is 3.32. The lowest BCUT2D eigenvalue weighted by molar-refractivity contribution is 0.305. The maximum absolute atomic E-state index is 5.78. The van der Waals surface area contributed by atoms with Crippen LogP contribution in [0.1, 0.15) is 13.3 Å². The third-order valence-corrected chi connectivity index (χ3v) is 2.95. The van der Waals surface area contributed by atoms with Gasteiger partial charge in [-0.2, -0.15) is 0 Å². The number of hydrogen-bond donors (Lipinski definition) is 2. The van der Waals surface area contributed by atoms with Crippen LogP contribution in [0.3, 0.4) is 0 Å². The van der Waals surface area contributed by atoms with Crippen LogP contribution in [0.4, 0.5) is 0 Å². The van der Waals surface area contributed by atoms with Gasteiger partial charge >= 0.3 is 0 Å². The van der Waals surface area contributed by atoms with Gasteiger partial charge in [0.05, 0.1) is 6.54 Å². The van der Waals surface area contributed by atoms with Crippen molar-refractivity contribution in [3.05, 3.63) is 0 Å². The predicted molar refractivity (Wildman–Crippen MR) is 55.3 cm³/mol. The van der Waals surface area contributed by atoms with Gasteiger partial charge in [-0.3, -0.25) is 5.32 Å². The maximum atomic E-state index is 5.78. The van der Waals surface area contributed by atoms with E-state index in [1.54, 1.807) is 0 Å². The van der Waals surface area contributed by atoms with Crippen LogP contribution in [0.5, 0.6) is 0 Å². The molecule has 1 heterocycles. The van der Waals surface area contributed by atoms with E-state index in [0.29, 0.717) is 19.1 Å². The van der Waals surface area contributed by atoms with Gasteiger partial charge in [-0.1, -0.05) is 5.92 Å². The molecule has 1 saturated heterocycles. The van der Waals surface area contributed by atoms with Gasteiger partial charge in [0.1, 0.15) is 0 Å². The fraction of sp³-hybridized carbons (Fsp3) is 0.800. The second kappa shape index (κ2) is 4.10. The molecule has 1 aliphatic rings. The van der Waals surface area contributed by atoms with E-state index in [-0.39, 0.29) is 5.54 Å². The zero-order valence-electron chi connectivity index (χ0n) is 8.51. The molecule has 2 atom stereocenters. The van der Waals surface area contributed by atoms with Crippen LogP contribution < -0.4 is 11.1 Å². The monoisotopic (exact) mass is 181 g/mol. The second-order valence-electron chi connectivity index (χ2n) is 4.01. The molecule has 3 nitrogen and oxygen atoms in total. The highest BCUT2D eigenvalue weighted by molar-refractivity contribution is 5.03. The summed E-state index contributed by atoms with van der Waals surface area (Å²) in [6.45, 7) is 4.47. The van der Waals surface area contributed by atoms with E-state index in [4.69, 9.17) is 12.2 Å². The number of likely N-dealkylation sites (N-methyl/N-ethyl adjacent to an activating group) is 1.